The molecule has 3 heterocycles. The van der Waals surface area contributed by atoms with Gasteiger partial charge in [-0.25, -0.2) is 4.68 Å². The zero-order chi connectivity index (χ0) is 16.8. The first-order valence-electron chi connectivity index (χ1n) is 7.01. The summed E-state index contributed by atoms with van der Waals surface area (Å²) >= 11 is 5.92. The number of hydrogen-bond acceptors (Lipinski definition) is 5. The molecule has 4 aromatic rings. The van der Waals surface area contributed by atoms with Gasteiger partial charge in [0.2, 0.25) is 5.43 Å². The Hall–Kier alpha value is -3.06. The lowest BCUT2D eigenvalue weighted by molar-refractivity contribution is 0.431. The fraction of sp³-hybridized carbons (Fsp3) is 0.0625. The fourth-order valence-electron chi connectivity index (χ4n) is 2.64. The minimum atomic E-state index is -0.595. The summed E-state index contributed by atoms with van der Waals surface area (Å²) in [6.07, 6.45) is 2.92. The topological polar surface area (TPSA) is 101 Å². The highest BCUT2D eigenvalue weighted by Gasteiger charge is 2.16. The van der Waals surface area contributed by atoms with Crippen molar-refractivity contribution in [2.24, 2.45) is 0 Å². The molecule has 0 aliphatic rings. The van der Waals surface area contributed by atoms with Gasteiger partial charge in [-0.2, -0.15) is 0 Å². The SMILES string of the molecule is O=c1c2ccc(Cl)cc2[nH]c2c(O)nn(Cc3ccoc3)c(=O)c12. The van der Waals surface area contributed by atoms with Crippen LogP contribution in [-0.2, 0) is 6.54 Å². The van der Waals surface area contributed by atoms with Gasteiger partial charge in [0.25, 0.3) is 11.4 Å². The van der Waals surface area contributed by atoms with Crippen LogP contribution < -0.4 is 11.0 Å². The molecule has 0 amide bonds. The fourth-order valence-corrected chi connectivity index (χ4v) is 2.81. The van der Waals surface area contributed by atoms with Gasteiger partial charge in [0, 0.05) is 16.0 Å². The van der Waals surface area contributed by atoms with E-state index in [0.29, 0.717) is 21.5 Å². The molecular formula is C16H10ClN3O4. The molecule has 120 valence electrons. The normalized spacial score (nSPS) is 11.4. The molecule has 0 spiro atoms. The number of hydrogen-bond donors (Lipinski definition) is 2. The Kier molecular flexibility index (Phi) is 3.17. The standard InChI is InChI=1S/C16H10ClN3O4/c17-9-1-2-10-11(5-9)18-13-12(14(10)21)16(23)20(19-15(13)22)6-8-3-4-24-7-8/h1-5,7H,6H2,(H,18,21)(H,19,22). The van der Waals surface area contributed by atoms with Gasteiger partial charge in [-0.3, -0.25) is 9.59 Å². The summed E-state index contributed by atoms with van der Waals surface area (Å²) in [4.78, 5) is 28.2. The first kappa shape index (κ1) is 14.5. The van der Waals surface area contributed by atoms with Gasteiger partial charge in [-0.05, 0) is 24.3 Å². The molecule has 0 saturated heterocycles. The molecule has 3 aromatic heterocycles. The molecule has 0 bridgehead atoms. The Balaban J connectivity index is 2.07. The minimum Gasteiger partial charge on any atom is -0.491 e. The second kappa shape index (κ2) is 5.24. The largest absolute Gasteiger partial charge is 0.491 e. The summed E-state index contributed by atoms with van der Waals surface area (Å²) in [5.74, 6) is -0.438. The summed E-state index contributed by atoms with van der Waals surface area (Å²) in [5, 5.41) is 14.6. The van der Waals surface area contributed by atoms with E-state index in [1.165, 1.54) is 18.6 Å². The van der Waals surface area contributed by atoms with Crippen molar-refractivity contribution >= 4 is 33.4 Å². The number of H-pyrrole nitrogens is 1. The van der Waals surface area contributed by atoms with E-state index in [4.69, 9.17) is 16.0 Å². The molecule has 0 fully saturated rings. The van der Waals surface area contributed by atoms with Crippen LogP contribution in [0.1, 0.15) is 5.56 Å². The highest BCUT2D eigenvalue weighted by Crippen LogP contribution is 2.21. The number of aromatic nitrogens is 3. The van der Waals surface area contributed by atoms with Gasteiger partial charge < -0.3 is 14.5 Å². The highest BCUT2D eigenvalue weighted by molar-refractivity contribution is 6.31. The third kappa shape index (κ3) is 2.17. The number of benzene rings is 1. The third-order valence-electron chi connectivity index (χ3n) is 3.76. The van der Waals surface area contributed by atoms with Crippen LogP contribution >= 0.6 is 11.6 Å². The number of aromatic hydroxyl groups is 1. The molecule has 0 saturated carbocycles. The molecule has 0 atom stereocenters. The van der Waals surface area contributed by atoms with E-state index in [1.54, 1.807) is 18.2 Å². The molecule has 0 aliphatic heterocycles. The van der Waals surface area contributed by atoms with Crippen molar-refractivity contribution in [2.75, 3.05) is 0 Å². The Labute approximate surface area is 138 Å². The van der Waals surface area contributed by atoms with Gasteiger partial charge in [0.05, 0.1) is 24.6 Å². The first-order valence-corrected chi connectivity index (χ1v) is 7.39. The second-order valence-electron chi connectivity index (χ2n) is 5.31. The molecule has 7 nitrogen and oxygen atoms in total. The van der Waals surface area contributed by atoms with Crippen LogP contribution in [0, 0.1) is 0 Å². The van der Waals surface area contributed by atoms with Crippen LogP contribution in [-0.4, -0.2) is 19.9 Å². The molecule has 2 N–H and O–H groups in total. The van der Waals surface area contributed by atoms with E-state index in [2.05, 4.69) is 10.1 Å². The van der Waals surface area contributed by atoms with Crippen molar-refractivity contribution in [1.82, 2.24) is 14.8 Å². The van der Waals surface area contributed by atoms with Crippen LogP contribution in [0.2, 0.25) is 5.02 Å². The Morgan fingerprint density at radius 1 is 1.29 bits per heavy atom. The number of aromatic amines is 1. The Morgan fingerprint density at radius 2 is 2.12 bits per heavy atom. The van der Waals surface area contributed by atoms with Crippen LogP contribution in [0.5, 0.6) is 5.88 Å². The van der Waals surface area contributed by atoms with Crippen LogP contribution in [0.4, 0.5) is 0 Å². The summed E-state index contributed by atoms with van der Waals surface area (Å²) < 4.78 is 5.98. The van der Waals surface area contributed by atoms with Crippen molar-refractivity contribution in [3.63, 3.8) is 0 Å². The second-order valence-corrected chi connectivity index (χ2v) is 5.75. The van der Waals surface area contributed by atoms with E-state index >= 15 is 0 Å². The quantitative estimate of drug-likeness (QED) is 0.543. The van der Waals surface area contributed by atoms with Gasteiger partial charge in [0.15, 0.2) is 0 Å². The zero-order valence-electron chi connectivity index (χ0n) is 12.1. The summed E-state index contributed by atoms with van der Waals surface area (Å²) in [6.45, 7) is 0.0803. The van der Waals surface area contributed by atoms with E-state index in [0.717, 1.165) is 4.68 Å². The number of pyridine rings is 1. The minimum absolute atomic E-state index is 0.0109. The smallest absolute Gasteiger partial charge is 0.280 e. The van der Waals surface area contributed by atoms with Crippen LogP contribution in [0.3, 0.4) is 0 Å². The maximum Gasteiger partial charge on any atom is 0.280 e. The van der Waals surface area contributed by atoms with Gasteiger partial charge in [-0.1, -0.05) is 11.6 Å². The zero-order valence-corrected chi connectivity index (χ0v) is 12.9. The van der Waals surface area contributed by atoms with Crippen molar-refractivity contribution < 1.29 is 9.52 Å². The number of nitrogens with one attached hydrogen (secondary N) is 1. The maximum atomic E-state index is 12.7. The van der Waals surface area contributed by atoms with Gasteiger partial charge >= 0.3 is 0 Å². The average molecular weight is 344 g/mol. The lowest BCUT2D eigenvalue weighted by Crippen LogP contribution is -2.27. The molecule has 0 radical (unpaired) electrons. The van der Waals surface area contributed by atoms with Crippen molar-refractivity contribution in [1.29, 1.82) is 0 Å². The lowest BCUT2D eigenvalue weighted by atomic mass is 10.1. The van der Waals surface area contributed by atoms with Crippen LogP contribution in [0.25, 0.3) is 21.8 Å². The predicted octanol–water partition coefficient (Wildman–Crippen LogP) is 2.24. The Morgan fingerprint density at radius 3 is 2.88 bits per heavy atom. The van der Waals surface area contributed by atoms with E-state index in [1.807, 2.05) is 0 Å². The van der Waals surface area contributed by atoms with Crippen molar-refractivity contribution in [3.05, 3.63) is 68.0 Å². The molecule has 0 unspecified atom stereocenters. The average Bonchev–Trinajstić information content (AvgIpc) is 3.05. The van der Waals surface area contributed by atoms with Crippen molar-refractivity contribution in [2.45, 2.75) is 6.54 Å². The van der Waals surface area contributed by atoms with E-state index < -0.39 is 16.9 Å². The summed E-state index contributed by atoms with van der Waals surface area (Å²) in [7, 11) is 0. The lowest BCUT2D eigenvalue weighted by Gasteiger charge is -2.08. The highest BCUT2D eigenvalue weighted by atomic mass is 35.5. The van der Waals surface area contributed by atoms with E-state index in [-0.39, 0.29) is 17.4 Å². The predicted molar refractivity (Wildman–Crippen MR) is 88.6 cm³/mol. The molecule has 8 heteroatoms. The first-order chi connectivity index (χ1) is 11.5. The van der Waals surface area contributed by atoms with Crippen LogP contribution in [0.15, 0.2) is 50.8 Å². The summed E-state index contributed by atoms with van der Waals surface area (Å²) in [5.41, 5.74) is 0.0146. The van der Waals surface area contributed by atoms with Gasteiger partial charge in [0.1, 0.15) is 10.9 Å². The molecule has 0 aliphatic carbocycles. The molecule has 1 aromatic carbocycles. The molecule has 4 rings (SSSR count). The monoisotopic (exact) mass is 343 g/mol. The maximum absolute atomic E-state index is 12.7. The Bertz CT molecular complexity index is 1190. The number of halogens is 1. The van der Waals surface area contributed by atoms with Gasteiger partial charge in [-0.15, -0.1) is 5.10 Å². The number of furan rings is 1. The van der Waals surface area contributed by atoms with Crippen molar-refractivity contribution in [3.8, 4) is 5.88 Å². The third-order valence-corrected chi connectivity index (χ3v) is 4.00. The summed E-state index contributed by atoms with van der Waals surface area (Å²) in [6, 6.07) is 6.32. The molecule has 24 heavy (non-hydrogen) atoms. The van der Waals surface area contributed by atoms with E-state index in [9.17, 15) is 14.7 Å². The number of nitrogens with zero attached hydrogens (tertiary/aromatic N) is 2. The number of rotatable bonds is 2. The molecular weight excluding hydrogens is 334 g/mol. The number of fused-ring (bicyclic) bond motifs is 2.